The summed E-state index contributed by atoms with van der Waals surface area (Å²) in [5.74, 6) is 0. The second kappa shape index (κ2) is 8.65. The highest BCUT2D eigenvalue weighted by Crippen LogP contribution is 2.31. The quantitative estimate of drug-likeness (QED) is 0.367. The SMILES string of the molecule is O=c1[nH]nc(-c2ccccc2)c2cc(S(=O)(=O)c3ccc4c(-c5ccccc5)n[nH]c(=O)c4c3)ccc12. The molecule has 0 saturated heterocycles. The van der Waals surface area contributed by atoms with Gasteiger partial charge in [-0.05, 0) is 30.3 Å². The number of sulfone groups is 1. The molecule has 4 aromatic carbocycles. The molecule has 0 spiro atoms. The Morgan fingerprint density at radius 1 is 0.514 bits per heavy atom. The number of hydrogen-bond donors (Lipinski definition) is 2. The molecule has 6 rings (SSSR count). The van der Waals surface area contributed by atoms with Gasteiger partial charge in [0.05, 0.1) is 32.0 Å². The van der Waals surface area contributed by atoms with Crippen molar-refractivity contribution in [2.75, 3.05) is 0 Å². The summed E-state index contributed by atoms with van der Waals surface area (Å²) < 4.78 is 27.4. The number of fused-ring (bicyclic) bond motifs is 2. The molecule has 0 radical (unpaired) electrons. The lowest BCUT2D eigenvalue weighted by Gasteiger charge is -2.10. The number of nitrogens with zero attached hydrogens (tertiary/aromatic N) is 2. The van der Waals surface area contributed by atoms with Crippen LogP contribution in [0.15, 0.2) is 116 Å². The molecule has 9 heteroatoms. The number of hydrogen-bond acceptors (Lipinski definition) is 6. The van der Waals surface area contributed by atoms with E-state index in [0.29, 0.717) is 27.5 Å². The minimum absolute atomic E-state index is 0.0160. The second-order valence-electron chi connectivity index (χ2n) is 8.45. The number of nitrogens with one attached hydrogen (secondary N) is 2. The molecule has 0 aliphatic carbocycles. The summed E-state index contributed by atoms with van der Waals surface area (Å²) in [7, 11) is -4.04. The second-order valence-corrected chi connectivity index (χ2v) is 10.4. The molecular formula is C28H18N4O4S. The lowest BCUT2D eigenvalue weighted by atomic mass is 10.1. The van der Waals surface area contributed by atoms with E-state index in [4.69, 9.17) is 0 Å². The molecule has 8 nitrogen and oxygen atoms in total. The molecule has 0 bridgehead atoms. The van der Waals surface area contributed by atoms with Crippen LogP contribution in [-0.2, 0) is 9.84 Å². The Morgan fingerprint density at radius 2 is 0.973 bits per heavy atom. The molecule has 180 valence electrons. The molecule has 0 aliphatic rings. The van der Waals surface area contributed by atoms with E-state index in [2.05, 4.69) is 20.4 Å². The summed E-state index contributed by atoms with van der Waals surface area (Å²) >= 11 is 0. The van der Waals surface area contributed by atoms with Crippen molar-refractivity contribution in [3.8, 4) is 22.5 Å². The van der Waals surface area contributed by atoms with E-state index in [1.807, 2.05) is 60.7 Å². The van der Waals surface area contributed by atoms with Crippen molar-refractivity contribution in [3.05, 3.63) is 118 Å². The zero-order valence-corrected chi connectivity index (χ0v) is 20.0. The average Bonchev–Trinajstić information content (AvgIpc) is 2.94. The van der Waals surface area contributed by atoms with Crippen LogP contribution in [0.5, 0.6) is 0 Å². The largest absolute Gasteiger partial charge is 0.272 e. The lowest BCUT2D eigenvalue weighted by Crippen LogP contribution is -2.12. The molecule has 0 aliphatic heterocycles. The summed E-state index contributed by atoms with van der Waals surface area (Å²) in [6.07, 6.45) is 0. The summed E-state index contributed by atoms with van der Waals surface area (Å²) in [6, 6.07) is 27.2. The van der Waals surface area contributed by atoms with Gasteiger partial charge in [0.15, 0.2) is 0 Å². The van der Waals surface area contributed by atoms with Crippen LogP contribution in [0, 0.1) is 0 Å². The number of aromatic amines is 2. The van der Waals surface area contributed by atoms with Crippen LogP contribution in [-0.4, -0.2) is 28.8 Å². The van der Waals surface area contributed by atoms with Crippen LogP contribution in [0.3, 0.4) is 0 Å². The van der Waals surface area contributed by atoms with E-state index in [0.717, 1.165) is 11.1 Å². The van der Waals surface area contributed by atoms with Crippen molar-refractivity contribution in [2.24, 2.45) is 0 Å². The van der Waals surface area contributed by atoms with Crippen molar-refractivity contribution in [1.29, 1.82) is 0 Å². The Labute approximate surface area is 210 Å². The molecule has 2 N–H and O–H groups in total. The smallest absolute Gasteiger partial charge is 0.267 e. The van der Waals surface area contributed by atoms with Gasteiger partial charge in [-0.25, -0.2) is 18.6 Å². The fourth-order valence-corrected chi connectivity index (χ4v) is 5.70. The molecule has 2 aromatic heterocycles. The first-order chi connectivity index (χ1) is 17.9. The normalized spacial score (nSPS) is 11.7. The molecule has 0 saturated carbocycles. The average molecular weight is 507 g/mol. The van der Waals surface area contributed by atoms with Gasteiger partial charge in [0, 0.05) is 21.9 Å². The van der Waals surface area contributed by atoms with E-state index in [1.165, 1.54) is 30.3 Å². The Bertz CT molecular complexity index is 2040. The van der Waals surface area contributed by atoms with Gasteiger partial charge in [-0.3, -0.25) is 9.59 Å². The molecule has 6 aromatic rings. The van der Waals surface area contributed by atoms with Crippen LogP contribution in [0.4, 0.5) is 0 Å². The standard InChI is InChI=1S/C28H18N4O4S/c33-27-22-14-12-19(15-23(22)26(30-31-27)18-9-5-2-6-10-18)37(35,36)20-11-13-21-24(16-20)28(34)32-29-25(21)17-7-3-1-4-8-17/h1-16H,(H,31,33)(H,32,34). The number of rotatable bonds is 4. The predicted molar refractivity (Wildman–Crippen MR) is 141 cm³/mol. The van der Waals surface area contributed by atoms with E-state index < -0.39 is 21.0 Å². The highest BCUT2D eigenvalue weighted by atomic mass is 32.2. The van der Waals surface area contributed by atoms with Crippen molar-refractivity contribution < 1.29 is 8.42 Å². The summed E-state index contributed by atoms with van der Waals surface area (Å²) in [4.78, 5) is 25.0. The Morgan fingerprint density at radius 3 is 1.54 bits per heavy atom. The Hall–Kier alpha value is -4.89. The van der Waals surface area contributed by atoms with Crippen LogP contribution < -0.4 is 11.1 Å². The van der Waals surface area contributed by atoms with Gasteiger partial charge in [-0.1, -0.05) is 66.7 Å². The highest BCUT2D eigenvalue weighted by Gasteiger charge is 2.22. The predicted octanol–water partition coefficient (Wildman–Crippen LogP) is 4.33. The molecule has 0 unspecified atom stereocenters. The van der Waals surface area contributed by atoms with Crippen molar-refractivity contribution in [2.45, 2.75) is 9.79 Å². The fourth-order valence-electron chi connectivity index (χ4n) is 4.39. The van der Waals surface area contributed by atoms with Gasteiger partial charge in [0.1, 0.15) is 0 Å². The first kappa shape index (κ1) is 22.6. The lowest BCUT2D eigenvalue weighted by molar-refractivity contribution is 0.596. The maximum atomic E-state index is 13.7. The maximum absolute atomic E-state index is 13.7. The Balaban J connectivity index is 1.53. The van der Waals surface area contributed by atoms with E-state index in [9.17, 15) is 18.0 Å². The van der Waals surface area contributed by atoms with Gasteiger partial charge >= 0.3 is 0 Å². The molecule has 0 amide bonds. The van der Waals surface area contributed by atoms with Crippen LogP contribution in [0.2, 0.25) is 0 Å². The van der Waals surface area contributed by atoms with Crippen molar-refractivity contribution in [3.63, 3.8) is 0 Å². The maximum Gasteiger partial charge on any atom is 0.272 e. The zero-order chi connectivity index (χ0) is 25.6. The van der Waals surface area contributed by atoms with Gasteiger partial charge in [0.2, 0.25) is 9.84 Å². The fraction of sp³-hybridized carbons (Fsp3) is 0. The van der Waals surface area contributed by atoms with Crippen LogP contribution in [0.25, 0.3) is 44.1 Å². The van der Waals surface area contributed by atoms with Gasteiger partial charge in [0.25, 0.3) is 11.1 Å². The summed E-state index contributed by atoms with van der Waals surface area (Å²) in [5.41, 5.74) is 1.61. The van der Waals surface area contributed by atoms with Gasteiger partial charge < -0.3 is 0 Å². The first-order valence-electron chi connectivity index (χ1n) is 11.3. The van der Waals surface area contributed by atoms with E-state index in [1.54, 1.807) is 6.07 Å². The molecular weight excluding hydrogens is 488 g/mol. The number of aromatic nitrogens is 4. The first-order valence-corrected chi connectivity index (χ1v) is 12.8. The number of H-pyrrole nitrogens is 2. The van der Waals surface area contributed by atoms with E-state index >= 15 is 0 Å². The third kappa shape index (κ3) is 3.82. The Kier molecular flexibility index (Phi) is 5.27. The highest BCUT2D eigenvalue weighted by molar-refractivity contribution is 7.91. The number of benzene rings is 4. The van der Waals surface area contributed by atoms with E-state index in [-0.39, 0.29) is 15.2 Å². The summed E-state index contributed by atoms with van der Waals surface area (Å²) in [6.45, 7) is 0. The van der Waals surface area contributed by atoms with Gasteiger partial charge in [-0.2, -0.15) is 10.2 Å². The van der Waals surface area contributed by atoms with Gasteiger partial charge in [-0.15, -0.1) is 0 Å². The molecule has 0 atom stereocenters. The minimum atomic E-state index is -4.04. The molecule has 37 heavy (non-hydrogen) atoms. The third-order valence-corrected chi connectivity index (χ3v) is 7.98. The van der Waals surface area contributed by atoms with Crippen molar-refractivity contribution >= 4 is 31.4 Å². The summed E-state index contributed by atoms with van der Waals surface area (Å²) in [5, 5.41) is 14.8. The van der Waals surface area contributed by atoms with Crippen LogP contribution in [0.1, 0.15) is 0 Å². The van der Waals surface area contributed by atoms with Crippen molar-refractivity contribution in [1.82, 2.24) is 20.4 Å². The topological polar surface area (TPSA) is 126 Å². The molecule has 2 heterocycles. The van der Waals surface area contributed by atoms with Crippen LogP contribution >= 0.6 is 0 Å². The minimum Gasteiger partial charge on any atom is -0.267 e. The molecule has 0 fully saturated rings. The zero-order valence-electron chi connectivity index (χ0n) is 19.2. The third-order valence-electron chi connectivity index (χ3n) is 6.24. The monoisotopic (exact) mass is 506 g/mol.